The van der Waals surface area contributed by atoms with Crippen molar-refractivity contribution in [3.63, 3.8) is 0 Å². The highest BCUT2D eigenvalue weighted by atomic mass is 79.9. The molecule has 26 heavy (non-hydrogen) atoms. The number of halogens is 1. The lowest BCUT2D eigenvalue weighted by Gasteiger charge is -2.12. The molecule has 0 atom stereocenters. The van der Waals surface area contributed by atoms with Crippen LogP contribution in [0.5, 0.6) is 0 Å². The van der Waals surface area contributed by atoms with E-state index in [-0.39, 0.29) is 18.7 Å². The Morgan fingerprint density at radius 3 is 2.88 bits per heavy atom. The Hall–Kier alpha value is -2.76. The van der Waals surface area contributed by atoms with Gasteiger partial charge in [0.1, 0.15) is 18.2 Å². The predicted octanol–water partition coefficient (Wildman–Crippen LogP) is 2.09. The summed E-state index contributed by atoms with van der Waals surface area (Å²) in [6.07, 6.45) is 1.50. The topological polar surface area (TPSA) is 96.5 Å². The maximum absolute atomic E-state index is 12.4. The number of pyridine rings is 1. The second-order valence-electron chi connectivity index (χ2n) is 5.47. The Kier molecular flexibility index (Phi) is 6.83. The Balaban J connectivity index is 2.14. The minimum Gasteiger partial charge on any atom is -0.380 e. The molecule has 0 saturated heterocycles. The summed E-state index contributed by atoms with van der Waals surface area (Å²) in [5.74, 6) is -0.468. The van der Waals surface area contributed by atoms with Crippen molar-refractivity contribution >= 4 is 28.1 Å². The van der Waals surface area contributed by atoms with E-state index in [0.29, 0.717) is 11.3 Å². The molecule has 8 heteroatoms. The van der Waals surface area contributed by atoms with Gasteiger partial charge in [0, 0.05) is 22.8 Å². The van der Waals surface area contributed by atoms with Crippen molar-refractivity contribution in [1.82, 2.24) is 9.99 Å². The number of hydrogen-bond acceptors (Lipinski definition) is 5. The van der Waals surface area contributed by atoms with Gasteiger partial charge in [-0.05, 0) is 30.7 Å². The Morgan fingerprint density at radius 2 is 2.23 bits per heavy atom. The fourth-order valence-electron chi connectivity index (χ4n) is 2.36. The Labute approximate surface area is 159 Å². The van der Waals surface area contributed by atoms with Crippen molar-refractivity contribution in [2.75, 3.05) is 7.11 Å². The van der Waals surface area contributed by atoms with Gasteiger partial charge in [-0.3, -0.25) is 9.59 Å². The average molecular weight is 417 g/mol. The molecule has 1 aromatic heterocycles. The zero-order valence-electron chi connectivity index (χ0n) is 14.3. The third-order valence-corrected chi connectivity index (χ3v) is 4.05. The largest absolute Gasteiger partial charge is 0.380 e. The first kappa shape index (κ1) is 19.6. The minimum absolute atomic E-state index is 0.0251. The molecule has 0 aliphatic heterocycles. The zero-order chi connectivity index (χ0) is 19.1. The van der Waals surface area contributed by atoms with E-state index in [1.807, 2.05) is 30.3 Å². The van der Waals surface area contributed by atoms with Crippen LogP contribution in [0.15, 0.2) is 44.7 Å². The fourth-order valence-corrected chi connectivity index (χ4v) is 2.78. The molecule has 0 aliphatic rings. The van der Waals surface area contributed by atoms with Gasteiger partial charge in [-0.2, -0.15) is 10.4 Å². The summed E-state index contributed by atoms with van der Waals surface area (Å²) in [4.78, 5) is 24.5. The smallest absolute Gasteiger partial charge is 0.269 e. The van der Waals surface area contributed by atoms with E-state index >= 15 is 0 Å². The monoisotopic (exact) mass is 416 g/mol. The van der Waals surface area contributed by atoms with Crippen molar-refractivity contribution in [2.24, 2.45) is 5.10 Å². The molecule has 1 heterocycles. The van der Waals surface area contributed by atoms with E-state index < -0.39 is 11.5 Å². The van der Waals surface area contributed by atoms with Crippen LogP contribution in [-0.2, 0) is 22.7 Å². The number of nitrogens with one attached hydrogen (secondary N) is 1. The first-order valence-corrected chi connectivity index (χ1v) is 8.45. The van der Waals surface area contributed by atoms with E-state index in [1.165, 1.54) is 17.9 Å². The van der Waals surface area contributed by atoms with Gasteiger partial charge in [-0.1, -0.05) is 28.1 Å². The number of rotatable bonds is 6. The summed E-state index contributed by atoms with van der Waals surface area (Å²) in [5, 5.41) is 13.1. The van der Waals surface area contributed by atoms with Gasteiger partial charge in [0.2, 0.25) is 0 Å². The molecule has 134 valence electrons. The van der Waals surface area contributed by atoms with Gasteiger partial charge in [-0.25, -0.2) is 5.43 Å². The highest BCUT2D eigenvalue weighted by Crippen LogP contribution is 2.10. The van der Waals surface area contributed by atoms with Crippen LogP contribution in [0.3, 0.4) is 0 Å². The number of ether oxygens (including phenoxy) is 1. The number of benzene rings is 1. The molecule has 7 nitrogen and oxygen atoms in total. The first-order valence-electron chi connectivity index (χ1n) is 7.66. The highest BCUT2D eigenvalue weighted by Gasteiger charge is 2.14. The third-order valence-electron chi connectivity index (χ3n) is 3.55. The van der Waals surface area contributed by atoms with Gasteiger partial charge in [0.15, 0.2) is 0 Å². The van der Waals surface area contributed by atoms with Crippen molar-refractivity contribution in [1.29, 1.82) is 5.26 Å². The molecular formula is C18H17BrN4O3. The first-order chi connectivity index (χ1) is 12.5. The lowest BCUT2D eigenvalue weighted by Crippen LogP contribution is -2.33. The van der Waals surface area contributed by atoms with Gasteiger partial charge in [0.05, 0.1) is 12.8 Å². The number of carbonyl (C=O) groups is 1. The van der Waals surface area contributed by atoms with Crippen LogP contribution < -0.4 is 11.0 Å². The van der Waals surface area contributed by atoms with Crippen LogP contribution in [-0.4, -0.2) is 23.8 Å². The molecule has 0 aliphatic carbocycles. The van der Waals surface area contributed by atoms with Crippen molar-refractivity contribution < 1.29 is 9.53 Å². The van der Waals surface area contributed by atoms with Gasteiger partial charge in [0.25, 0.3) is 11.5 Å². The Bertz CT molecular complexity index is 944. The van der Waals surface area contributed by atoms with E-state index in [1.54, 1.807) is 13.0 Å². The molecule has 2 rings (SSSR count). The molecule has 1 N–H and O–H groups in total. The van der Waals surface area contributed by atoms with Crippen LogP contribution >= 0.6 is 15.9 Å². The molecule has 0 unspecified atom stereocenters. The maximum Gasteiger partial charge on any atom is 0.269 e. The van der Waals surface area contributed by atoms with Crippen LogP contribution in [0, 0.1) is 18.3 Å². The normalized spacial score (nSPS) is 10.7. The lowest BCUT2D eigenvalue weighted by atomic mass is 10.1. The summed E-state index contributed by atoms with van der Waals surface area (Å²) >= 11 is 3.35. The number of hydrogen-bond donors (Lipinski definition) is 1. The number of nitrogens with zero attached hydrogens (tertiary/aromatic N) is 3. The second-order valence-corrected chi connectivity index (χ2v) is 6.39. The highest BCUT2D eigenvalue weighted by molar-refractivity contribution is 9.10. The van der Waals surface area contributed by atoms with Crippen molar-refractivity contribution in [3.8, 4) is 6.07 Å². The maximum atomic E-state index is 12.4. The third kappa shape index (κ3) is 4.88. The summed E-state index contributed by atoms with van der Waals surface area (Å²) in [5.41, 5.74) is 3.70. The average Bonchev–Trinajstić information content (AvgIpc) is 2.59. The van der Waals surface area contributed by atoms with Crippen LogP contribution in [0.4, 0.5) is 0 Å². The molecule has 0 spiro atoms. The molecule has 0 saturated carbocycles. The Morgan fingerprint density at radius 1 is 1.46 bits per heavy atom. The molecular weight excluding hydrogens is 400 g/mol. The quantitative estimate of drug-likeness (QED) is 0.575. The molecule has 1 aromatic carbocycles. The molecule has 0 bridgehead atoms. The second kappa shape index (κ2) is 9.08. The predicted molar refractivity (Wildman–Crippen MR) is 101 cm³/mol. The van der Waals surface area contributed by atoms with Crippen LogP contribution in [0.2, 0.25) is 0 Å². The zero-order valence-corrected chi connectivity index (χ0v) is 15.9. The van der Waals surface area contributed by atoms with Crippen molar-refractivity contribution in [2.45, 2.75) is 20.1 Å². The summed E-state index contributed by atoms with van der Waals surface area (Å²) < 4.78 is 7.14. The van der Waals surface area contributed by atoms with E-state index in [4.69, 9.17) is 4.74 Å². The lowest BCUT2D eigenvalue weighted by molar-refractivity contribution is -0.121. The van der Waals surface area contributed by atoms with E-state index in [2.05, 4.69) is 26.5 Å². The fraction of sp³-hybridized carbons (Fsp3) is 0.222. The van der Waals surface area contributed by atoms with Crippen LogP contribution in [0.25, 0.3) is 0 Å². The molecule has 0 radical (unpaired) electrons. The molecule has 1 amide bonds. The number of methoxy groups -OCH3 is 1. The number of aryl methyl sites for hydroxylation is 1. The minimum atomic E-state index is -0.523. The number of nitriles is 1. The van der Waals surface area contributed by atoms with Gasteiger partial charge < -0.3 is 9.30 Å². The van der Waals surface area contributed by atoms with Crippen LogP contribution in [0.1, 0.15) is 22.4 Å². The summed E-state index contributed by atoms with van der Waals surface area (Å²) in [6.45, 7) is 1.62. The van der Waals surface area contributed by atoms with E-state index in [0.717, 1.165) is 10.0 Å². The van der Waals surface area contributed by atoms with E-state index in [9.17, 15) is 14.9 Å². The number of hydrazone groups is 1. The summed E-state index contributed by atoms with van der Waals surface area (Å²) in [6, 6.07) is 11.0. The molecule has 0 fully saturated rings. The van der Waals surface area contributed by atoms with Crippen molar-refractivity contribution in [3.05, 3.63) is 67.5 Å². The number of aromatic nitrogens is 1. The molecule has 2 aromatic rings. The SMILES string of the molecule is COCc1cc(C)n(CC(=O)N/N=C\c2cccc(Br)c2)c(=O)c1C#N. The standard InChI is InChI=1S/C18H17BrN4O3/c1-12-6-14(11-26-2)16(8-20)18(25)23(12)10-17(24)22-21-9-13-4-3-5-15(19)7-13/h3-7,9H,10-11H2,1-2H3,(H,22,24)/b21-9-. The number of amides is 1. The summed E-state index contributed by atoms with van der Waals surface area (Å²) in [7, 11) is 1.48. The van der Waals surface area contributed by atoms with Gasteiger partial charge in [-0.15, -0.1) is 0 Å². The number of carbonyl (C=O) groups excluding carboxylic acids is 1. The van der Waals surface area contributed by atoms with Gasteiger partial charge >= 0.3 is 0 Å².